The van der Waals surface area contributed by atoms with Gasteiger partial charge in [-0.05, 0) is 24.3 Å². The largest absolute Gasteiger partial charge is 0.421 e. The summed E-state index contributed by atoms with van der Waals surface area (Å²) in [6, 6.07) is 16.5. The lowest BCUT2D eigenvalue weighted by Crippen LogP contribution is -2.48. The molecule has 6 nitrogen and oxygen atoms in total. The average Bonchev–Trinajstić information content (AvgIpc) is 3.22. The van der Waals surface area contributed by atoms with E-state index in [2.05, 4.69) is 27.2 Å². The first kappa shape index (κ1) is 18.2. The lowest BCUT2D eigenvalue weighted by Gasteiger charge is -2.36. The van der Waals surface area contributed by atoms with Crippen molar-refractivity contribution in [1.82, 2.24) is 15.1 Å². The van der Waals surface area contributed by atoms with Crippen LogP contribution in [0.1, 0.15) is 12.3 Å². The van der Waals surface area contributed by atoms with E-state index in [-0.39, 0.29) is 17.4 Å². The van der Waals surface area contributed by atoms with Crippen LogP contribution in [0.15, 0.2) is 59.0 Å². The van der Waals surface area contributed by atoms with Gasteiger partial charge < -0.3 is 14.2 Å². The van der Waals surface area contributed by atoms with Crippen molar-refractivity contribution < 1.29 is 13.6 Å². The zero-order valence-electron chi connectivity index (χ0n) is 15.4. The number of piperazine rings is 1. The molecule has 1 aliphatic rings. The molecule has 0 atom stereocenters. The molecule has 1 aliphatic heterocycles. The summed E-state index contributed by atoms with van der Waals surface area (Å²) in [5, 5.41) is 7.83. The monoisotopic (exact) mass is 380 g/mol. The van der Waals surface area contributed by atoms with E-state index in [0.717, 1.165) is 13.1 Å². The van der Waals surface area contributed by atoms with Gasteiger partial charge in [0, 0.05) is 44.7 Å². The van der Waals surface area contributed by atoms with Crippen LogP contribution in [0.2, 0.25) is 0 Å². The topological polar surface area (TPSA) is 62.5 Å². The number of anilines is 1. The van der Waals surface area contributed by atoms with Gasteiger partial charge >= 0.3 is 0 Å². The van der Waals surface area contributed by atoms with Gasteiger partial charge in [-0.25, -0.2) is 4.39 Å². The molecule has 0 N–H and O–H groups in total. The van der Waals surface area contributed by atoms with Gasteiger partial charge in [-0.3, -0.25) is 4.79 Å². The number of hydrogen-bond donors (Lipinski definition) is 0. The molecule has 7 heteroatoms. The summed E-state index contributed by atoms with van der Waals surface area (Å²) in [6.45, 7) is 3.01. The Morgan fingerprint density at radius 2 is 1.68 bits per heavy atom. The third-order valence-corrected chi connectivity index (χ3v) is 4.88. The maximum atomic E-state index is 13.8. The van der Waals surface area contributed by atoms with Crippen molar-refractivity contribution >= 4 is 11.6 Å². The molecule has 0 saturated carbocycles. The molecule has 0 aliphatic carbocycles. The molecule has 1 saturated heterocycles. The van der Waals surface area contributed by atoms with Crippen molar-refractivity contribution in [2.24, 2.45) is 0 Å². The molecule has 1 aromatic heterocycles. The van der Waals surface area contributed by atoms with Crippen molar-refractivity contribution in [2.75, 3.05) is 31.1 Å². The van der Waals surface area contributed by atoms with Crippen molar-refractivity contribution in [3.63, 3.8) is 0 Å². The minimum absolute atomic E-state index is 0.0679. The molecule has 2 aromatic carbocycles. The Kier molecular flexibility index (Phi) is 5.32. The molecule has 2 heterocycles. The van der Waals surface area contributed by atoms with Crippen LogP contribution in [0.5, 0.6) is 0 Å². The normalized spacial score (nSPS) is 14.3. The van der Waals surface area contributed by atoms with Crippen LogP contribution in [-0.4, -0.2) is 47.2 Å². The third-order valence-electron chi connectivity index (χ3n) is 4.88. The van der Waals surface area contributed by atoms with Gasteiger partial charge in [0.15, 0.2) is 0 Å². The number of hydrogen-bond acceptors (Lipinski definition) is 5. The number of para-hydroxylation sites is 1. The van der Waals surface area contributed by atoms with E-state index in [1.54, 1.807) is 18.2 Å². The standard InChI is InChI=1S/C21H21FN4O2/c22-18-9-5-4-8-17(18)21-24-23-19(28-21)10-11-20(27)26-14-12-25(13-15-26)16-6-2-1-3-7-16/h1-9H,10-15H2. The number of carbonyl (C=O) groups excluding carboxylic acids is 1. The zero-order valence-corrected chi connectivity index (χ0v) is 15.4. The van der Waals surface area contributed by atoms with Gasteiger partial charge in [-0.2, -0.15) is 0 Å². The summed E-state index contributed by atoms with van der Waals surface area (Å²) in [5.41, 5.74) is 1.45. The number of nitrogens with zero attached hydrogens (tertiary/aromatic N) is 4. The molecule has 0 radical (unpaired) electrons. The fraction of sp³-hybridized carbons (Fsp3) is 0.286. The maximum absolute atomic E-state index is 13.8. The minimum atomic E-state index is -0.412. The Hall–Kier alpha value is -3.22. The van der Waals surface area contributed by atoms with Crippen molar-refractivity contribution in [1.29, 1.82) is 0 Å². The fourth-order valence-corrected chi connectivity index (χ4v) is 3.32. The van der Waals surface area contributed by atoms with E-state index >= 15 is 0 Å². The lowest BCUT2D eigenvalue weighted by atomic mass is 10.2. The summed E-state index contributed by atoms with van der Waals surface area (Å²) in [4.78, 5) is 16.7. The van der Waals surface area contributed by atoms with Gasteiger partial charge in [0.05, 0.1) is 5.56 Å². The van der Waals surface area contributed by atoms with Crippen LogP contribution in [0, 0.1) is 5.82 Å². The first-order valence-electron chi connectivity index (χ1n) is 9.36. The van der Waals surface area contributed by atoms with Gasteiger partial charge in [0.2, 0.25) is 11.8 Å². The van der Waals surface area contributed by atoms with Crippen LogP contribution in [0.3, 0.4) is 0 Å². The van der Waals surface area contributed by atoms with Crippen LogP contribution >= 0.6 is 0 Å². The van der Waals surface area contributed by atoms with Crippen molar-refractivity contribution in [2.45, 2.75) is 12.8 Å². The number of rotatable bonds is 5. The predicted molar refractivity (Wildman–Crippen MR) is 103 cm³/mol. The molecular weight excluding hydrogens is 359 g/mol. The summed E-state index contributed by atoms with van der Waals surface area (Å²) in [7, 11) is 0. The summed E-state index contributed by atoms with van der Waals surface area (Å²) in [6.07, 6.45) is 0.642. The molecule has 0 spiro atoms. The second-order valence-corrected chi connectivity index (χ2v) is 6.68. The van der Waals surface area contributed by atoms with Gasteiger partial charge in [0.25, 0.3) is 5.89 Å². The van der Waals surface area contributed by atoms with E-state index < -0.39 is 5.82 Å². The van der Waals surface area contributed by atoms with E-state index in [4.69, 9.17) is 4.42 Å². The third kappa shape index (κ3) is 4.03. The molecule has 28 heavy (non-hydrogen) atoms. The number of aryl methyl sites for hydroxylation is 1. The number of benzene rings is 2. The lowest BCUT2D eigenvalue weighted by molar-refractivity contribution is -0.131. The molecular formula is C21H21FN4O2. The summed E-state index contributed by atoms with van der Waals surface area (Å²) >= 11 is 0. The van der Waals surface area contributed by atoms with E-state index in [9.17, 15) is 9.18 Å². The first-order valence-corrected chi connectivity index (χ1v) is 9.36. The second kappa shape index (κ2) is 8.21. The Morgan fingerprint density at radius 1 is 0.964 bits per heavy atom. The van der Waals surface area contributed by atoms with E-state index in [1.165, 1.54) is 11.8 Å². The van der Waals surface area contributed by atoms with Crippen molar-refractivity contribution in [3.8, 4) is 11.5 Å². The first-order chi connectivity index (χ1) is 13.7. The molecule has 144 valence electrons. The Labute approximate surface area is 162 Å². The molecule has 0 unspecified atom stereocenters. The average molecular weight is 380 g/mol. The smallest absolute Gasteiger partial charge is 0.250 e. The highest BCUT2D eigenvalue weighted by molar-refractivity contribution is 5.76. The van der Waals surface area contributed by atoms with Crippen LogP contribution in [0.4, 0.5) is 10.1 Å². The highest BCUT2D eigenvalue weighted by atomic mass is 19.1. The molecule has 0 bridgehead atoms. The maximum Gasteiger partial charge on any atom is 0.250 e. The minimum Gasteiger partial charge on any atom is -0.421 e. The van der Waals surface area contributed by atoms with Crippen LogP contribution < -0.4 is 4.90 Å². The van der Waals surface area contributed by atoms with E-state index in [0.29, 0.717) is 31.8 Å². The number of aromatic nitrogens is 2. The highest BCUT2D eigenvalue weighted by Gasteiger charge is 2.22. The van der Waals surface area contributed by atoms with Crippen LogP contribution in [-0.2, 0) is 11.2 Å². The summed E-state index contributed by atoms with van der Waals surface area (Å²) in [5.74, 6) is 0.134. The zero-order chi connectivity index (χ0) is 19.3. The molecule has 4 rings (SSSR count). The predicted octanol–water partition coefficient (Wildman–Crippen LogP) is 3.16. The number of amides is 1. The molecule has 1 amide bonds. The molecule has 3 aromatic rings. The SMILES string of the molecule is O=C(CCc1nnc(-c2ccccc2F)o1)N1CCN(c2ccccc2)CC1. The van der Waals surface area contributed by atoms with Gasteiger partial charge in [0.1, 0.15) is 5.82 Å². The number of halogens is 1. The quantitative estimate of drug-likeness (QED) is 0.680. The highest BCUT2D eigenvalue weighted by Crippen LogP contribution is 2.21. The second-order valence-electron chi connectivity index (χ2n) is 6.68. The Balaban J connectivity index is 1.29. The Morgan fingerprint density at radius 3 is 2.43 bits per heavy atom. The Bertz CT molecular complexity index is 936. The van der Waals surface area contributed by atoms with Gasteiger partial charge in [-0.1, -0.05) is 30.3 Å². The fourth-order valence-electron chi connectivity index (χ4n) is 3.32. The van der Waals surface area contributed by atoms with Crippen LogP contribution in [0.25, 0.3) is 11.5 Å². The number of carbonyl (C=O) groups is 1. The van der Waals surface area contributed by atoms with Gasteiger partial charge in [-0.15, -0.1) is 10.2 Å². The molecule has 1 fully saturated rings. The van der Waals surface area contributed by atoms with Crippen molar-refractivity contribution in [3.05, 3.63) is 66.3 Å². The van der Waals surface area contributed by atoms with E-state index in [1.807, 2.05) is 23.1 Å². The summed E-state index contributed by atoms with van der Waals surface area (Å²) < 4.78 is 19.3.